The lowest BCUT2D eigenvalue weighted by molar-refractivity contribution is -0.149. The van der Waals surface area contributed by atoms with E-state index < -0.39 is 6.04 Å². The van der Waals surface area contributed by atoms with Gasteiger partial charge in [0.25, 0.3) is 0 Å². The van der Waals surface area contributed by atoms with Gasteiger partial charge in [-0.15, -0.1) is 0 Å². The maximum absolute atomic E-state index is 11.7. The fourth-order valence-corrected chi connectivity index (χ4v) is 2.29. The summed E-state index contributed by atoms with van der Waals surface area (Å²) >= 11 is 3.34. The molecule has 6 heteroatoms. The number of halogens is 1. The lowest BCUT2D eigenvalue weighted by Crippen LogP contribution is -2.52. The predicted octanol–water partition coefficient (Wildman–Crippen LogP) is 1.30. The maximum Gasteiger partial charge on any atom is 0.246 e. The SMILES string of the molecule is NC1CCC(=O)N(CCOc2cccc(Br)c2)C1=O. The van der Waals surface area contributed by atoms with E-state index in [-0.39, 0.29) is 25.0 Å². The van der Waals surface area contributed by atoms with Gasteiger partial charge in [-0.3, -0.25) is 14.5 Å². The van der Waals surface area contributed by atoms with Crippen LogP contribution in [-0.4, -0.2) is 35.9 Å². The molecule has 2 amide bonds. The third kappa shape index (κ3) is 3.54. The summed E-state index contributed by atoms with van der Waals surface area (Å²) in [6, 6.07) is 6.82. The molecule has 5 nitrogen and oxygen atoms in total. The summed E-state index contributed by atoms with van der Waals surface area (Å²) in [7, 11) is 0. The lowest BCUT2D eigenvalue weighted by Gasteiger charge is -2.28. The first-order chi connectivity index (χ1) is 9.08. The quantitative estimate of drug-likeness (QED) is 0.846. The van der Waals surface area contributed by atoms with Crippen molar-refractivity contribution in [1.29, 1.82) is 0 Å². The number of nitrogens with zero attached hydrogens (tertiary/aromatic N) is 1. The van der Waals surface area contributed by atoms with E-state index in [0.717, 1.165) is 4.47 Å². The molecule has 1 aliphatic heterocycles. The average molecular weight is 327 g/mol. The molecule has 102 valence electrons. The largest absolute Gasteiger partial charge is 0.492 e. The first-order valence-corrected chi connectivity index (χ1v) is 6.85. The molecule has 2 N–H and O–H groups in total. The molecule has 0 saturated carbocycles. The Kier molecular flexibility index (Phi) is 4.55. The van der Waals surface area contributed by atoms with Crippen LogP contribution >= 0.6 is 15.9 Å². The van der Waals surface area contributed by atoms with Crippen LogP contribution in [0.3, 0.4) is 0 Å². The molecular weight excluding hydrogens is 312 g/mol. The molecule has 0 spiro atoms. The Morgan fingerprint density at radius 2 is 2.21 bits per heavy atom. The van der Waals surface area contributed by atoms with Crippen molar-refractivity contribution in [3.05, 3.63) is 28.7 Å². The molecule has 1 atom stereocenters. The van der Waals surface area contributed by atoms with Crippen molar-refractivity contribution in [1.82, 2.24) is 4.90 Å². The monoisotopic (exact) mass is 326 g/mol. The molecule has 19 heavy (non-hydrogen) atoms. The number of amides is 2. The molecule has 0 radical (unpaired) electrons. The Labute approximate surface area is 119 Å². The number of imide groups is 1. The summed E-state index contributed by atoms with van der Waals surface area (Å²) in [5.41, 5.74) is 5.64. The van der Waals surface area contributed by atoms with E-state index in [0.29, 0.717) is 18.6 Å². The topological polar surface area (TPSA) is 72.6 Å². The number of hydrogen-bond acceptors (Lipinski definition) is 4. The minimum atomic E-state index is -0.566. The van der Waals surface area contributed by atoms with Gasteiger partial charge < -0.3 is 10.5 Å². The van der Waals surface area contributed by atoms with Crippen LogP contribution < -0.4 is 10.5 Å². The van der Waals surface area contributed by atoms with Crippen LogP contribution in [0.15, 0.2) is 28.7 Å². The molecule has 1 heterocycles. The third-order valence-electron chi connectivity index (χ3n) is 2.93. The van der Waals surface area contributed by atoms with Crippen LogP contribution in [0.5, 0.6) is 5.75 Å². The predicted molar refractivity (Wildman–Crippen MR) is 73.6 cm³/mol. The van der Waals surface area contributed by atoms with E-state index in [1.54, 1.807) is 0 Å². The van der Waals surface area contributed by atoms with E-state index in [2.05, 4.69) is 15.9 Å². The van der Waals surface area contributed by atoms with Crippen molar-refractivity contribution >= 4 is 27.7 Å². The Hall–Kier alpha value is -1.40. The molecule has 1 saturated heterocycles. The summed E-state index contributed by atoms with van der Waals surface area (Å²) in [5, 5.41) is 0. The summed E-state index contributed by atoms with van der Waals surface area (Å²) in [5.74, 6) is 0.203. The van der Waals surface area contributed by atoms with E-state index in [1.165, 1.54) is 4.90 Å². The van der Waals surface area contributed by atoms with Gasteiger partial charge in [-0.25, -0.2) is 0 Å². The third-order valence-corrected chi connectivity index (χ3v) is 3.43. The normalized spacial score (nSPS) is 19.7. The standard InChI is InChI=1S/C13H15BrN2O3/c14-9-2-1-3-10(8-9)19-7-6-16-12(17)5-4-11(15)13(16)18/h1-3,8,11H,4-7,15H2. The Bertz CT molecular complexity index is 493. The molecular formula is C13H15BrN2O3. The second-order valence-electron chi connectivity index (χ2n) is 4.33. The van der Waals surface area contributed by atoms with Crippen LogP contribution in [-0.2, 0) is 9.59 Å². The van der Waals surface area contributed by atoms with Crippen molar-refractivity contribution in [2.75, 3.05) is 13.2 Å². The number of carbonyl (C=O) groups excluding carboxylic acids is 2. The van der Waals surface area contributed by atoms with Crippen LogP contribution in [0, 0.1) is 0 Å². The van der Waals surface area contributed by atoms with Gasteiger partial charge in [-0.1, -0.05) is 22.0 Å². The maximum atomic E-state index is 11.7. The fourth-order valence-electron chi connectivity index (χ4n) is 1.91. The van der Waals surface area contributed by atoms with Crippen LogP contribution in [0.2, 0.25) is 0 Å². The van der Waals surface area contributed by atoms with Crippen LogP contribution in [0.25, 0.3) is 0 Å². The zero-order valence-corrected chi connectivity index (χ0v) is 11.9. The number of hydrogen-bond donors (Lipinski definition) is 1. The van der Waals surface area contributed by atoms with Gasteiger partial charge >= 0.3 is 0 Å². The highest BCUT2D eigenvalue weighted by atomic mass is 79.9. The number of benzene rings is 1. The van der Waals surface area contributed by atoms with Gasteiger partial charge in [0.15, 0.2) is 0 Å². The van der Waals surface area contributed by atoms with Crippen molar-refractivity contribution in [3.8, 4) is 5.75 Å². The average Bonchev–Trinajstić information content (AvgIpc) is 2.38. The second kappa shape index (κ2) is 6.16. The fraction of sp³-hybridized carbons (Fsp3) is 0.385. The van der Waals surface area contributed by atoms with E-state index in [9.17, 15) is 9.59 Å². The van der Waals surface area contributed by atoms with Crippen molar-refractivity contribution in [2.45, 2.75) is 18.9 Å². The zero-order valence-electron chi connectivity index (χ0n) is 10.3. The molecule has 1 aromatic rings. The highest BCUT2D eigenvalue weighted by Crippen LogP contribution is 2.18. The van der Waals surface area contributed by atoms with Gasteiger partial charge in [-0.2, -0.15) is 0 Å². The Morgan fingerprint density at radius 3 is 2.95 bits per heavy atom. The van der Waals surface area contributed by atoms with Crippen LogP contribution in [0.4, 0.5) is 0 Å². The van der Waals surface area contributed by atoms with E-state index in [1.807, 2.05) is 24.3 Å². The smallest absolute Gasteiger partial charge is 0.246 e. The molecule has 0 bridgehead atoms. The highest BCUT2D eigenvalue weighted by Gasteiger charge is 2.31. The molecule has 2 rings (SSSR count). The molecule has 1 aliphatic rings. The molecule has 1 fully saturated rings. The highest BCUT2D eigenvalue weighted by molar-refractivity contribution is 9.10. The minimum absolute atomic E-state index is 0.176. The zero-order chi connectivity index (χ0) is 13.8. The summed E-state index contributed by atoms with van der Waals surface area (Å²) in [6.45, 7) is 0.499. The molecule has 1 unspecified atom stereocenters. The summed E-state index contributed by atoms with van der Waals surface area (Å²) < 4.78 is 6.42. The molecule has 0 aliphatic carbocycles. The van der Waals surface area contributed by atoms with Crippen molar-refractivity contribution in [2.24, 2.45) is 5.73 Å². The van der Waals surface area contributed by atoms with Gasteiger partial charge in [0.1, 0.15) is 12.4 Å². The molecule has 0 aromatic heterocycles. The number of rotatable bonds is 4. The molecule has 1 aromatic carbocycles. The number of likely N-dealkylation sites (tertiary alicyclic amines) is 1. The van der Waals surface area contributed by atoms with Gasteiger partial charge in [0.05, 0.1) is 12.6 Å². The Morgan fingerprint density at radius 1 is 1.42 bits per heavy atom. The van der Waals surface area contributed by atoms with Crippen LogP contribution in [0.1, 0.15) is 12.8 Å². The number of nitrogens with two attached hydrogens (primary N) is 1. The first kappa shape index (κ1) is 14.0. The summed E-state index contributed by atoms with van der Waals surface area (Å²) in [4.78, 5) is 24.6. The van der Waals surface area contributed by atoms with Crippen molar-refractivity contribution in [3.63, 3.8) is 0 Å². The second-order valence-corrected chi connectivity index (χ2v) is 5.25. The van der Waals surface area contributed by atoms with Gasteiger partial charge in [0, 0.05) is 10.9 Å². The van der Waals surface area contributed by atoms with Gasteiger partial charge in [-0.05, 0) is 24.6 Å². The van der Waals surface area contributed by atoms with Crippen molar-refractivity contribution < 1.29 is 14.3 Å². The first-order valence-electron chi connectivity index (χ1n) is 6.06. The van der Waals surface area contributed by atoms with E-state index in [4.69, 9.17) is 10.5 Å². The minimum Gasteiger partial charge on any atom is -0.492 e. The Balaban J connectivity index is 1.88. The number of piperidine rings is 1. The van der Waals surface area contributed by atoms with Gasteiger partial charge in [0.2, 0.25) is 11.8 Å². The number of carbonyl (C=O) groups is 2. The lowest BCUT2D eigenvalue weighted by atomic mass is 10.1. The van der Waals surface area contributed by atoms with E-state index >= 15 is 0 Å². The summed E-state index contributed by atoms with van der Waals surface area (Å²) in [6.07, 6.45) is 0.754. The number of ether oxygens (including phenoxy) is 1.